The molecule has 0 saturated heterocycles. The fraction of sp³-hybridized carbons (Fsp3) is 0.538. The number of carboxylic acids is 1. The maximum atomic E-state index is 11.0. The minimum absolute atomic E-state index is 0.134. The lowest BCUT2D eigenvalue weighted by atomic mass is 9.98. The molecule has 0 aliphatic rings. The van der Waals surface area contributed by atoms with Gasteiger partial charge < -0.3 is 20.6 Å². The van der Waals surface area contributed by atoms with Gasteiger partial charge in [0.1, 0.15) is 5.82 Å². The summed E-state index contributed by atoms with van der Waals surface area (Å²) in [6.45, 7) is 3.17. The average Bonchev–Trinajstić information content (AvgIpc) is 2.44. The average molecular weight is 268 g/mol. The highest BCUT2D eigenvalue weighted by molar-refractivity contribution is 5.88. The van der Waals surface area contributed by atoms with Crippen LogP contribution in [0.4, 0.5) is 5.82 Å². The zero-order valence-corrected chi connectivity index (χ0v) is 11.2. The van der Waals surface area contributed by atoms with Crippen LogP contribution in [-0.2, 0) is 6.42 Å². The lowest BCUT2D eigenvalue weighted by molar-refractivity contribution is 0.0696. The molecule has 19 heavy (non-hydrogen) atoms. The van der Waals surface area contributed by atoms with Crippen LogP contribution >= 0.6 is 0 Å². The van der Waals surface area contributed by atoms with Crippen LogP contribution in [0.15, 0.2) is 12.1 Å². The van der Waals surface area contributed by atoms with Crippen LogP contribution in [0, 0.1) is 0 Å². The van der Waals surface area contributed by atoms with E-state index in [1.807, 2.05) is 13.8 Å². The van der Waals surface area contributed by atoms with E-state index in [9.17, 15) is 15.0 Å². The summed E-state index contributed by atoms with van der Waals surface area (Å²) in [5.41, 5.74) is -0.117. The third-order valence-electron chi connectivity index (χ3n) is 3.16. The molecule has 0 amide bonds. The molecule has 0 spiro atoms. The molecule has 6 nitrogen and oxygen atoms in total. The number of pyridine rings is 1. The van der Waals surface area contributed by atoms with E-state index >= 15 is 0 Å². The fourth-order valence-electron chi connectivity index (χ4n) is 1.67. The van der Waals surface area contributed by atoms with Gasteiger partial charge in [-0.05, 0) is 25.0 Å². The number of hydrogen-bond acceptors (Lipinski definition) is 5. The topological polar surface area (TPSA) is 103 Å². The Morgan fingerprint density at radius 1 is 1.32 bits per heavy atom. The van der Waals surface area contributed by atoms with Gasteiger partial charge in [0.2, 0.25) is 0 Å². The number of rotatable bonds is 7. The maximum Gasteiger partial charge on any atom is 0.335 e. The molecule has 0 unspecified atom stereocenters. The van der Waals surface area contributed by atoms with Crippen molar-refractivity contribution < 1.29 is 20.1 Å². The monoisotopic (exact) mass is 268 g/mol. The molecule has 0 radical (unpaired) electrons. The third kappa shape index (κ3) is 3.65. The summed E-state index contributed by atoms with van der Waals surface area (Å²) in [5, 5.41) is 30.7. The summed E-state index contributed by atoms with van der Waals surface area (Å²) in [6, 6.07) is 2.91. The molecule has 1 aromatic heterocycles. The van der Waals surface area contributed by atoms with Crippen LogP contribution in [-0.4, -0.2) is 45.0 Å². The number of anilines is 1. The molecule has 0 bridgehead atoms. The molecule has 1 heterocycles. The van der Waals surface area contributed by atoms with E-state index in [2.05, 4.69) is 10.3 Å². The second-order valence-electron chi connectivity index (χ2n) is 4.47. The highest BCUT2D eigenvalue weighted by atomic mass is 16.4. The highest BCUT2D eigenvalue weighted by Crippen LogP contribution is 2.19. The van der Waals surface area contributed by atoms with Gasteiger partial charge in [-0.2, -0.15) is 0 Å². The number of nitrogens with one attached hydrogen (secondary N) is 1. The Kier molecular flexibility index (Phi) is 5.26. The van der Waals surface area contributed by atoms with Gasteiger partial charge in [0.25, 0.3) is 0 Å². The maximum absolute atomic E-state index is 11.0. The first-order valence-corrected chi connectivity index (χ1v) is 6.24. The summed E-state index contributed by atoms with van der Waals surface area (Å²) >= 11 is 0. The van der Waals surface area contributed by atoms with Crippen molar-refractivity contribution in [1.29, 1.82) is 0 Å². The van der Waals surface area contributed by atoms with Crippen molar-refractivity contribution in [1.82, 2.24) is 4.98 Å². The SMILES string of the molecule is CCc1cc(C(=O)O)cc(NC(CC)(CO)CO)n1. The first-order valence-electron chi connectivity index (χ1n) is 6.24. The van der Waals surface area contributed by atoms with Crippen molar-refractivity contribution in [2.45, 2.75) is 32.2 Å². The van der Waals surface area contributed by atoms with Gasteiger partial charge in [0, 0.05) is 5.69 Å². The second kappa shape index (κ2) is 6.49. The van der Waals surface area contributed by atoms with Crippen molar-refractivity contribution in [3.05, 3.63) is 23.4 Å². The highest BCUT2D eigenvalue weighted by Gasteiger charge is 2.27. The second-order valence-corrected chi connectivity index (χ2v) is 4.47. The van der Waals surface area contributed by atoms with Gasteiger partial charge in [-0.15, -0.1) is 0 Å². The number of carbonyl (C=O) groups is 1. The molecule has 0 aliphatic carbocycles. The number of carboxylic acid groups (broad SMARTS) is 1. The van der Waals surface area contributed by atoms with Crippen LogP contribution < -0.4 is 5.32 Å². The minimum Gasteiger partial charge on any atom is -0.478 e. The number of aryl methyl sites for hydroxylation is 1. The van der Waals surface area contributed by atoms with Crippen molar-refractivity contribution in [2.75, 3.05) is 18.5 Å². The number of aliphatic hydroxyl groups excluding tert-OH is 2. The Labute approximate surface area is 112 Å². The lowest BCUT2D eigenvalue weighted by Gasteiger charge is -2.30. The number of nitrogens with zero attached hydrogens (tertiary/aromatic N) is 1. The van der Waals surface area contributed by atoms with E-state index in [-0.39, 0.29) is 18.8 Å². The quantitative estimate of drug-likeness (QED) is 0.585. The zero-order chi connectivity index (χ0) is 14.5. The Morgan fingerprint density at radius 3 is 2.37 bits per heavy atom. The van der Waals surface area contributed by atoms with E-state index in [1.165, 1.54) is 12.1 Å². The summed E-state index contributed by atoms with van der Waals surface area (Å²) in [4.78, 5) is 15.3. The Bertz CT molecular complexity index is 436. The van der Waals surface area contributed by atoms with E-state index in [1.54, 1.807) is 0 Å². The number of hydrogen-bond donors (Lipinski definition) is 4. The number of aromatic nitrogens is 1. The van der Waals surface area contributed by atoms with Crippen LogP contribution in [0.5, 0.6) is 0 Å². The van der Waals surface area contributed by atoms with Gasteiger partial charge in [-0.25, -0.2) is 9.78 Å². The van der Waals surface area contributed by atoms with Gasteiger partial charge in [0.15, 0.2) is 0 Å². The number of aliphatic hydroxyl groups is 2. The minimum atomic E-state index is -1.03. The molecule has 0 saturated carbocycles. The summed E-state index contributed by atoms with van der Waals surface area (Å²) < 4.78 is 0. The first kappa shape index (κ1) is 15.4. The van der Waals surface area contributed by atoms with Crippen molar-refractivity contribution in [2.24, 2.45) is 0 Å². The molecule has 0 fully saturated rings. The largest absolute Gasteiger partial charge is 0.478 e. The Morgan fingerprint density at radius 2 is 1.95 bits per heavy atom. The molecule has 1 aromatic rings. The Balaban J connectivity index is 3.12. The van der Waals surface area contributed by atoms with E-state index in [4.69, 9.17) is 5.11 Å². The normalized spacial score (nSPS) is 11.4. The van der Waals surface area contributed by atoms with Crippen LogP contribution in [0.1, 0.15) is 36.3 Å². The van der Waals surface area contributed by atoms with Crippen LogP contribution in [0.25, 0.3) is 0 Å². The van der Waals surface area contributed by atoms with Crippen molar-refractivity contribution in [3.63, 3.8) is 0 Å². The fourth-order valence-corrected chi connectivity index (χ4v) is 1.67. The smallest absolute Gasteiger partial charge is 0.335 e. The number of aromatic carboxylic acids is 1. The van der Waals surface area contributed by atoms with Gasteiger partial charge in [-0.3, -0.25) is 0 Å². The predicted octanol–water partition coefficient (Wildman–Crippen LogP) is 0.887. The summed E-state index contributed by atoms with van der Waals surface area (Å²) in [7, 11) is 0. The third-order valence-corrected chi connectivity index (χ3v) is 3.16. The molecule has 4 N–H and O–H groups in total. The van der Waals surface area contributed by atoms with E-state index in [0.29, 0.717) is 24.4 Å². The predicted molar refractivity (Wildman–Crippen MR) is 71.4 cm³/mol. The summed E-state index contributed by atoms with van der Waals surface area (Å²) in [5.74, 6) is -0.683. The first-order chi connectivity index (χ1) is 9.00. The summed E-state index contributed by atoms with van der Waals surface area (Å²) in [6.07, 6.45) is 1.09. The van der Waals surface area contributed by atoms with Crippen molar-refractivity contribution >= 4 is 11.8 Å². The molecule has 106 valence electrons. The molecule has 0 aromatic carbocycles. The molecule has 0 atom stereocenters. The molecular formula is C13H20N2O4. The van der Waals surface area contributed by atoms with Crippen molar-refractivity contribution in [3.8, 4) is 0 Å². The van der Waals surface area contributed by atoms with Gasteiger partial charge >= 0.3 is 5.97 Å². The van der Waals surface area contributed by atoms with Gasteiger partial charge in [-0.1, -0.05) is 13.8 Å². The lowest BCUT2D eigenvalue weighted by Crippen LogP contribution is -2.45. The molecule has 0 aliphatic heterocycles. The molecule has 6 heteroatoms. The Hall–Kier alpha value is -1.66. The van der Waals surface area contributed by atoms with E-state index in [0.717, 1.165) is 0 Å². The van der Waals surface area contributed by atoms with Crippen LogP contribution in [0.3, 0.4) is 0 Å². The molecular weight excluding hydrogens is 248 g/mol. The standard InChI is InChI=1S/C13H20N2O4/c1-3-10-5-9(12(18)19)6-11(14-10)15-13(4-2,7-16)8-17/h5-6,16-17H,3-4,7-8H2,1-2H3,(H,14,15)(H,18,19). The van der Waals surface area contributed by atoms with Crippen LogP contribution in [0.2, 0.25) is 0 Å². The van der Waals surface area contributed by atoms with E-state index < -0.39 is 11.5 Å². The van der Waals surface area contributed by atoms with Gasteiger partial charge in [0.05, 0.1) is 24.3 Å². The zero-order valence-electron chi connectivity index (χ0n) is 11.2. The molecule has 1 rings (SSSR count).